The molecule has 1 heterocycles. The highest BCUT2D eigenvalue weighted by molar-refractivity contribution is 6.04. The number of hydrogen-bond donors (Lipinski definition) is 2. The molecule has 1 fully saturated rings. The number of hydrogen-bond acceptors (Lipinski definition) is 4. The summed E-state index contributed by atoms with van der Waals surface area (Å²) in [5.74, 6) is 1.78. The van der Waals surface area contributed by atoms with Gasteiger partial charge in [-0.15, -0.1) is 0 Å². The lowest BCUT2D eigenvalue weighted by Gasteiger charge is -2.34. The van der Waals surface area contributed by atoms with Crippen LogP contribution in [0.3, 0.4) is 0 Å². The Balaban J connectivity index is 1.51. The number of ether oxygens (including phenoxy) is 1. The van der Waals surface area contributed by atoms with Crippen LogP contribution < -0.4 is 15.4 Å². The van der Waals surface area contributed by atoms with Crippen molar-refractivity contribution >= 4 is 23.2 Å². The quantitative estimate of drug-likeness (QED) is 0.717. The summed E-state index contributed by atoms with van der Waals surface area (Å²) in [6.07, 6.45) is 1.22. The Bertz CT molecular complexity index is 839. The van der Waals surface area contributed by atoms with Crippen molar-refractivity contribution in [2.45, 2.75) is 27.2 Å². The van der Waals surface area contributed by atoms with Crippen molar-refractivity contribution in [1.82, 2.24) is 4.90 Å². The second kappa shape index (κ2) is 10.3. The van der Waals surface area contributed by atoms with Crippen LogP contribution >= 0.6 is 0 Å². The molecule has 1 saturated heterocycles. The second-order valence-electron chi connectivity index (χ2n) is 8.18. The number of nitrogens with zero attached hydrogens (tertiary/aromatic N) is 1. The zero-order valence-corrected chi connectivity index (χ0v) is 18.0. The molecule has 0 bridgehead atoms. The van der Waals surface area contributed by atoms with E-state index < -0.39 is 0 Å². The van der Waals surface area contributed by atoms with Crippen LogP contribution in [-0.4, -0.2) is 43.0 Å². The molecule has 0 unspecified atom stereocenters. The normalized spacial score (nSPS) is 19.2. The molecule has 2 aromatic carbocycles. The first-order chi connectivity index (χ1) is 14.4. The van der Waals surface area contributed by atoms with E-state index in [0.717, 1.165) is 18.8 Å². The van der Waals surface area contributed by atoms with Gasteiger partial charge in [-0.1, -0.05) is 13.8 Å². The van der Waals surface area contributed by atoms with E-state index in [1.54, 1.807) is 36.4 Å². The van der Waals surface area contributed by atoms with E-state index in [2.05, 4.69) is 29.4 Å². The number of carbonyl (C=O) groups is 2. The molecule has 0 radical (unpaired) electrons. The van der Waals surface area contributed by atoms with Gasteiger partial charge in [-0.25, -0.2) is 0 Å². The van der Waals surface area contributed by atoms with Gasteiger partial charge in [-0.05, 0) is 73.7 Å². The van der Waals surface area contributed by atoms with Crippen molar-refractivity contribution < 1.29 is 14.3 Å². The second-order valence-corrected chi connectivity index (χ2v) is 8.18. The summed E-state index contributed by atoms with van der Waals surface area (Å²) in [5, 5.41) is 5.79. The van der Waals surface area contributed by atoms with E-state index in [4.69, 9.17) is 4.74 Å². The molecule has 1 aliphatic heterocycles. The van der Waals surface area contributed by atoms with Crippen molar-refractivity contribution in [1.29, 1.82) is 0 Å². The lowest BCUT2D eigenvalue weighted by molar-refractivity contribution is -0.117. The SMILES string of the molecule is CCOc1ccc(NC(=O)c2ccc(NC(=O)CN3C[C@H](C)C[C@@H](C)C3)cc2)cc1. The van der Waals surface area contributed by atoms with Crippen LogP contribution in [0.25, 0.3) is 0 Å². The van der Waals surface area contributed by atoms with E-state index in [9.17, 15) is 9.59 Å². The Kier molecular flexibility index (Phi) is 7.46. The third-order valence-electron chi connectivity index (χ3n) is 5.17. The average molecular weight is 410 g/mol. The number of nitrogens with one attached hydrogen (secondary N) is 2. The zero-order chi connectivity index (χ0) is 21.5. The molecule has 2 aromatic rings. The number of anilines is 2. The first-order valence-corrected chi connectivity index (χ1v) is 10.6. The molecule has 6 nitrogen and oxygen atoms in total. The number of amides is 2. The van der Waals surface area contributed by atoms with Crippen LogP contribution in [0.4, 0.5) is 11.4 Å². The van der Waals surface area contributed by atoms with Crippen LogP contribution in [0, 0.1) is 11.8 Å². The van der Waals surface area contributed by atoms with Crippen LogP contribution in [0.5, 0.6) is 5.75 Å². The molecule has 2 atom stereocenters. The fourth-order valence-electron chi connectivity index (χ4n) is 4.03. The lowest BCUT2D eigenvalue weighted by atomic mass is 9.92. The standard InChI is InChI=1S/C24H31N3O3/c1-4-30-22-11-9-21(10-12-22)26-24(29)19-5-7-20(8-6-19)25-23(28)16-27-14-17(2)13-18(3)15-27/h5-12,17-18H,4,13-16H2,1-3H3,(H,25,28)(H,26,29)/t17-,18-/m1/s1. The predicted octanol–water partition coefficient (Wildman–Crippen LogP) is 4.25. The minimum absolute atomic E-state index is 0.0251. The lowest BCUT2D eigenvalue weighted by Crippen LogP contribution is -2.42. The highest BCUT2D eigenvalue weighted by atomic mass is 16.5. The molecular formula is C24H31N3O3. The van der Waals surface area contributed by atoms with Crippen molar-refractivity contribution in [3.05, 3.63) is 54.1 Å². The van der Waals surface area contributed by atoms with E-state index >= 15 is 0 Å². The monoisotopic (exact) mass is 409 g/mol. The van der Waals surface area contributed by atoms with Gasteiger partial charge < -0.3 is 15.4 Å². The van der Waals surface area contributed by atoms with Gasteiger partial charge in [0.2, 0.25) is 5.91 Å². The number of carbonyl (C=O) groups excluding carboxylic acids is 2. The van der Waals surface area contributed by atoms with Crippen LogP contribution in [-0.2, 0) is 4.79 Å². The van der Waals surface area contributed by atoms with Gasteiger partial charge >= 0.3 is 0 Å². The highest BCUT2D eigenvalue weighted by Gasteiger charge is 2.23. The zero-order valence-electron chi connectivity index (χ0n) is 18.0. The summed E-state index contributed by atoms with van der Waals surface area (Å²) in [6.45, 7) is 9.32. The Morgan fingerprint density at radius 1 is 0.933 bits per heavy atom. The van der Waals surface area contributed by atoms with E-state index in [0.29, 0.717) is 41.9 Å². The molecule has 160 valence electrons. The van der Waals surface area contributed by atoms with Crippen molar-refractivity contribution in [2.24, 2.45) is 11.8 Å². The first kappa shape index (κ1) is 21.8. The minimum Gasteiger partial charge on any atom is -0.494 e. The summed E-state index contributed by atoms with van der Waals surface area (Å²) in [5.41, 5.74) is 1.92. The fourth-order valence-corrected chi connectivity index (χ4v) is 4.03. The number of likely N-dealkylation sites (tertiary alicyclic amines) is 1. The summed E-state index contributed by atoms with van der Waals surface area (Å²) in [6, 6.07) is 14.2. The summed E-state index contributed by atoms with van der Waals surface area (Å²) >= 11 is 0. The molecule has 1 aliphatic rings. The molecule has 3 rings (SSSR count). The molecule has 30 heavy (non-hydrogen) atoms. The molecule has 2 N–H and O–H groups in total. The molecule has 0 aliphatic carbocycles. The van der Waals surface area contributed by atoms with Crippen molar-refractivity contribution in [2.75, 3.05) is 36.9 Å². The van der Waals surface area contributed by atoms with Crippen molar-refractivity contribution in [3.63, 3.8) is 0 Å². The van der Waals surface area contributed by atoms with Gasteiger partial charge in [0.1, 0.15) is 5.75 Å². The van der Waals surface area contributed by atoms with Gasteiger partial charge in [0.25, 0.3) is 5.91 Å². The van der Waals surface area contributed by atoms with Crippen molar-refractivity contribution in [3.8, 4) is 5.75 Å². The first-order valence-electron chi connectivity index (χ1n) is 10.6. The predicted molar refractivity (Wildman–Crippen MR) is 120 cm³/mol. The number of piperidine rings is 1. The van der Waals surface area contributed by atoms with Crippen LogP contribution in [0.15, 0.2) is 48.5 Å². The van der Waals surface area contributed by atoms with E-state index in [-0.39, 0.29) is 11.8 Å². The van der Waals surface area contributed by atoms with Crippen LogP contribution in [0.2, 0.25) is 0 Å². The molecule has 0 spiro atoms. The molecule has 2 amide bonds. The van der Waals surface area contributed by atoms with Gasteiger partial charge in [-0.2, -0.15) is 0 Å². The minimum atomic E-state index is -0.201. The molecule has 6 heteroatoms. The third-order valence-corrected chi connectivity index (χ3v) is 5.17. The molecular weight excluding hydrogens is 378 g/mol. The number of rotatable bonds is 7. The Morgan fingerprint density at radius 3 is 2.10 bits per heavy atom. The Hall–Kier alpha value is -2.86. The topological polar surface area (TPSA) is 70.7 Å². The number of benzene rings is 2. The molecule has 0 saturated carbocycles. The van der Waals surface area contributed by atoms with Gasteiger partial charge in [0.05, 0.1) is 13.2 Å². The maximum atomic E-state index is 12.4. The summed E-state index contributed by atoms with van der Waals surface area (Å²) in [4.78, 5) is 27.0. The smallest absolute Gasteiger partial charge is 0.255 e. The Morgan fingerprint density at radius 2 is 1.50 bits per heavy atom. The summed E-state index contributed by atoms with van der Waals surface area (Å²) in [7, 11) is 0. The van der Waals surface area contributed by atoms with E-state index in [1.165, 1.54) is 6.42 Å². The van der Waals surface area contributed by atoms with Gasteiger partial charge in [0.15, 0.2) is 0 Å². The summed E-state index contributed by atoms with van der Waals surface area (Å²) < 4.78 is 5.40. The highest BCUT2D eigenvalue weighted by Crippen LogP contribution is 2.21. The third kappa shape index (κ3) is 6.32. The fraction of sp³-hybridized carbons (Fsp3) is 0.417. The maximum Gasteiger partial charge on any atom is 0.255 e. The largest absolute Gasteiger partial charge is 0.494 e. The Labute approximate surface area is 178 Å². The van der Waals surface area contributed by atoms with Crippen LogP contribution in [0.1, 0.15) is 37.6 Å². The van der Waals surface area contributed by atoms with Gasteiger partial charge in [-0.3, -0.25) is 14.5 Å². The molecule has 0 aromatic heterocycles. The average Bonchev–Trinajstić information content (AvgIpc) is 2.69. The maximum absolute atomic E-state index is 12.4. The van der Waals surface area contributed by atoms with Gasteiger partial charge in [0, 0.05) is 30.0 Å². The van der Waals surface area contributed by atoms with E-state index in [1.807, 2.05) is 19.1 Å².